The molecule has 0 aliphatic carbocycles. The summed E-state index contributed by atoms with van der Waals surface area (Å²) in [4.78, 5) is 21.2. The number of hydrogen-bond donors (Lipinski definition) is 1. The molecule has 0 aliphatic rings. The summed E-state index contributed by atoms with van der Waals surface area (Å²) in [5.41, 5.74) is 2.61. The number of para-hydroxylation sites is 1. The van der Waals surface area contributed by atoms with Crippen molar-refractivity contribution in [3.8, 4) is 17.0 Å². The van der Waals surface area contributed by atoms with Crippen molar-refractivity contribution in [1.29, 1.82) is 0 Å². The third-order valence-corrected chi connectivity index (χ3v) is 5.39. The van der Waals surface area contributed by atoms with Crippen molar-refractivity contribution in [1.82, 2.24) is 9.97 Å². The van der Waals surface area contributed by atoms with Crippen LogP contribution in [0.15, 0.2) is 53.9 Å². The van der Waals surface area contributed by atoms with Crippen LogP contribution in [0.25, 0.3) is 21.5 Å². The molecule has 1 amide bonds. The van der Waals surface area contributed by atoms with Gasteiger partial charge in [-0.25, -0.2) is 9.97 Å². The van der Waals surface area contributed by atoms with E-state index in [9.17, 15) is 4.79 Å². The Hall–Kier alpha value is -2.77. The molecular formula is C18H13N3O2S2. The van der Waals surface area contributed by atoms with Crippen molar-refractivity contribution >= 4 is 43.9 Å². The number of thiazole rings is 2. The first-order chi connectivity index (χ1) is 12.2. The van der Waals surface area contributed by atoms with Crippen LogP contribution in [0.5, 0.6) is 5.75 Å². The highest BCUT2D eigenvalue weighted by molar-refractivity contribution is 7.20. The first-order valence-corrected chi connectivity index (χ1v) is 9.19. The third-order valence-electron chi connectivity index (χ3n) is 3.60. The number of methoxy groups -OCH3 is 1. The predicted molar refractivity (Wildman–Crippen MR) is 102 cm³/mol. The topological polar surface area (TPSA) is 64.1 Å². The number of fused-ring (bicyclic) bond motifs is 1. The number of hydrogen-bond acceptors (Lipinski definition) is 6. The maximum absolute atomic E-state index is 12.4. The van der Waals surface area contributed by atoms with Gasteiger partial charge in [-0.15, -0.1) is 22.7 Å². The van der Waals surface area contributed by atoms with Gasteiger partial charge in [0, 0.05) is 10.9 Å². The normalized spacial score (nSPS) is 10.8. The van der Waals surface area contributed by atoms with Crippen molar-refractivity contribution in [2.75, 3.05) is 12.4 Å². The number of nitrogens with one attached hydrogen (secondary N) is 1. The molecule has 0 aliphatic heterocycles. The van der Waals surface area contributed by atoms with E-state index in [-0.39, 0.29) is 5.91 Å². The highest BCUT2D eigenvalue weighted by Crippen LogP contribution is 2.27. The molecule has 124 valence electrons. The van der Waals surface area contributed by atoms with E-state index in [0.29, 0.717) is 10.1 Å². The lowest BCUT2D eigenvalue weighted by molar-refractivity contribution is 0.102. The minimum Gasteiger partial charge on any atom is -0.497 e. The van der Waals surface area contributed by atoms with Gasteiger partial charge in [0.1, 0.15) is 5.75 Å². The molecule has 0 saturated heterocycles. The number of ether oxygens (including phenoxy) is 1. The maximum Gasteiger partial charge on any atom is 0.286 e. The first-order valence-electron chi connectivity index (χ1n) is 7.50. The smallest absolute Gasteiger partial charge is 0.286 e. The second-order valence-corrected chi connectivity index (χ2v) is 7.10. The van der Waals surface area contributed by atoms with Gasteiger partial charge in [-0.1, -0.05) is 12.1 Å². The van der Waals surface area contributed by atoms with Crippen molar-refractivity contribution in [3.63, 3.8) is 0 Å². The Balaban J connectivity index is 1.52. The number of nitrogens with zero attached hydrogens (tertiary/aromatic N) is 2. The van der Waals surface area contributed by atoms with Crippen LogP contribution in [0, 0.1) is 0 Å². The maximum atomic E-state index is 12.4. The largest absolute Gasteiger partial charge is 0.497 e. The molecular weight excluding hydrogens is 354 g/mol. The zero-order valence-corrected chi connectivity index (χ0v) is 14.9. The summed E-state index contributed by atoms with van der Waals surface area (Å²) >= 11 is 2.76. The highest BCUT2D eigenvalue weighted by Gasteiger charge is 2.14. The van der Waals surface area contributed by atoms with Crippen LogP contribution in [0.3, 0.4) is 0 Å². The van der Waals surface area contributed by atoms with Crippen LogP contribution >= 0.6 is 22.7 Å². The molecule has 4 aromatic rings. The van der Waals surface area contributed by atoms with E-state index in [0.717, 1.165) is 27.2 Å². The van der Waals surface area contributed by atoms with E-state index in [1.807, 2.05) is 53.9 Å². The minimum atomic E-state index is -0.239. The lowest BCUT2D eigenvalue weighted by atomic mass is 10.2. The van der Waals surface area contributed by atoms with Crippen molar-refractivity contribution in [2.24, 2.45) is 0 Å². The monoisotopic (exact) mass is 367 g/mol. The van der Waals surface area contributed by atoms with Gasteiger partial charge in [-0.2, -0.15) is 0 Å². The summed E-state index contributed by atoms with van der Waals surface area (Å²) in [5.74, 6) is 0.556. The van der Waals surface area contributed by atoms with E-state index in [1.54, 1.807) is 7.11 Å². The predicted octanol–water partition coefficient (Wildman–Crippen LogP) is 4.68. The van der Waals surface area contributed by atoms with Crippen LogP contribution in [0.1, 0.15) is 9.80 Å². The van der Waals surface area contributed by atoms with E-state index in [1.165, 1.54) is 22.7 Å². The summed E-state index contributed by atoms with van der Waals surface area (Å²) < 4.78 is 6.15. The molecule has 4 rings (SSSR count). The molecule has 0 fully saturated rings. The number of carbonyl (C=O) groups excluding carboxylic acids is 1. The summed E-state index contributed by atoms with van der Waals surface area (Å²) in [6, 6.07) is 15.3. The number of anilines is 1. The molecule has 5 nitrogen and oxygen atoms in total. The van der Waals surface area contributed by atoms with Gasteiger partial charge >= 0.3 is 0 Å². The molecule has 0 bridgehead atoms. The summed E-state index contributed by atoms with van der Waals surface area (Å²) in [5, 5.41) is 5.72. The molecule has 2 aromatic carbocycles. The molecule has 0 saturated carbocycles. The number of amides is 1. The van der Waals surface area contributed by atoms with Crippen molar-refractivity contribution < 1.29 is 9.53 Å². The molecule has 2 heterocycles. The Labute approximate surface area is 152 Å². The first kappa shape index (κ1) is 15.7. The molecule has 0 radical (unpaired) electrons. The van der Waals surface area contributed by atoms with Gasteiger partial charge < -0.3 is 4.74 Å². The zero-order chi connectivity index (χ0) is 17.2. The van der Waals surface area contributed by atoms with Crippen molar-refractivity contribution in [3.05, 3.63) is 58.9 Å². The van der Waals surface area contributed by atoms with Gasteiger partial charge in [0.2, 0.25) is 0 Å². The fourth-order valence-electron chi connectivity index (χ4n) is 2.35. The van der Waals surface area contributed by atoms with Gasteiger partial charge in [-0.3, -0.25) is 10.1 Å². The number of carbonyl (C=O) groups is 1. The van der Waals surface area contributed by atoms with Crippen LogP contribution < -0.4 is 10.1 Å². The average molecular weight is 367 g/mol. The summed E-state index contributed by atoms with van der Waals surface area (Å²) in [6.07, 6.45) is 0. The standard InChI is InChI=1S/C18H13N3O2S2/c1-23-12-8-6-11(7-9-12)14-10-24-18(20-14)21-16(22)17-19-13-4-2-3-5-15(13)25-17/h2-10H,1H3,(H,20,21,22). The molecule has 0 spiro atoms. The molecule has 7 heteroatoms. The van der Waals surface area contributed by atoms with E-state index in [2.05, 4.69) is 15.3 Å². The molecule has 0 atom stereocenters. The molecule has 25 heavy (non-hydrogen) atoms. The third kappa shape index (κ3) is 3.24. The van der Waals surface area contributed by atoms with Gasteiger partial charge in [0.15, 0.2) is 10.1 Å². The van der Waals surface area contributed by atoms with Crippen LogP contribution in [0.2, 0.25) is 0 Å². The number of aromatic nitrogens is 2. The average Bonchev–Trinajstić information content (AvgIpc) is 3.28. The van der Waals surface area contributed by atoms with Crippen molar-refractivity contribution in [2.45, 2.75) is 0 Å². The van der Waals surface area contributed by atoms with E-state index in [4.69, 9.17) is 4.74 Å². The van der Waals surface area contributed by atoms with E-state index >= 15 is 0 Å². The second-order valence-electron chi connectivity index (χ2n) is 5.21. The van der Waals surface area contributed by atoms with Gasteiger partial charge in [0.25, 0.3) is 5.91 Å². The fourth-order valence-corrected chi connectivity index (χ4v) is 3.92. The van der Waals surface area contributed by atoms with Crippen LogP contribution in [-0.2, 0) is 0 Å². The lowest BCUT2D eigenvalue weighted by Gasteiger charge is -2.00. The van der Waals surface area contributed by atoms with E-state index < -0.39 is 0 Å². The van der Waals surface area contributed by atoms with Crippen LogP contribution in [-0.4, -0.2) is 23.0 Å². The Morgan fingerprint density at radius 2 is 1.88 bits per heavy atom. The zero-order valence-electron chi connectivity index (χ0n) is 13.2. The Morgan fingerprint density at radius 3 is 2.64 bits per heavy atom. The molecule has 2 aromatic heterocycles. The number of rotatable bonds is 4. The Morgan fingerprint density at radius 1 is 1.08 bits per heavy atom. The highest BCUT2D eigenvalue weighted by atomic mass is 32.1. The SMILES string of the molecule is COc1ccc(-c2csc(NC(=O)c3nc4ccccc4s3)n2)cc1. The molecule has 1 N–H and O–H groups in total. The quantitative estimate of drug-likeness (QED) is 0.569. The molecule has 0 unspecified atom stereocenters. The second kappa shape index (κ2) is 6.62. The van der Waals surface area contributed by atoms with Crippen LogP contribution in [0.4, 0.5) is 5.13 Å². The van der Waals surface area contributed by atoms with Gasteiger partial charge in [-0.05, 0) is 36.4 Å². The Bertz CT molecular complexity index is 1000. The number of benzene rings is 2. The van der Waals surface area contributed by atoms with Gasteiger partial charge in [0.05, 0.1) is 23.0 Å². The summed E-state index contributed by atoms with van der Waals surface area (Å²) in [7, 11) is 1.63. The Kier molecular flexibility index (Phi) is 4.17. The summed E-state index contributed by atoms with van der Waals surface area (Å²) in [6.45, 7) is 0. The lowest BCUT2D eigenvalue weighted by Crippen LogP contribution is -2.11. The minimum absolute atomic E-state index is 0.239. The fraction of sp³-hybridized carbons (Fsp3) is 0.0556.